The van der Waals surface area contributed by atoms with E-state index in [-0.39, 0.29) is 10.7 Å². The Morgan fingerprint density at radius 3 is 2.18 bits per heavy atom. The molecule has 0 spiro atoms. The topological polar surface area (TPSA) is 75.3 Å². The number of para-hydroxylation sites is 1. The van der Waals surface area contributed by atoms with E-state index in [9.17, 15) is 13.2 Å². The van der Waals surface area contributed by atoms with Gasteiger partial charge >= 0.3 is 0 Å². The number of hydrogen-bond donors (Lipinski definition) is 2. The number of nitrogens with one attached hydrogen (secondary N) is 2. The van der Waals surface area contributed by atoms with Crippen LogP contribution < -0.4 is 10.0 Å². The van der Waals surface area contributed by atoms with Gasteiger partial charge < -0.3 is 5.32 Å². The van der Waals surface area contributed by atoms with Crippen LogP contribution in [0.15, 0.2) is 77.7 Å². The standard InChI is InChI=1S/C28H34N2O3S/c1-3-4-5-6-7-11-21-29-27-25(28(31)23-13-9-8-10-14-23)15-12-16-26(27)30-34(32,33)24-19-17-22(2)18-20-24/h8-10,12-20,29-30H,3-7,11,21H2,1-2H3. The van der Waals surface area contributed by atoms with Gasteiger partial charge in [0, 0.05) is 17.7 Å². The van der Waals surface area contributed by atoms with Crippen LogP contribution in [0.3, 0.4) is 0 Å². The van der Waals surface area contributed by atoms with Crippen molar-refractivity contribution in [3.05, 3.63) is 89.5 Å². The maximum atomic E-state index is 13.3. The molecule has 0 aliphatic heterocycles. The van der Waals surface area contributed by atoms with Crippen LogP contribution in [0.25, 0.3) is 0 Å². The maximum Gasteiger partial charge on any atom is 0.261 e. The fraction of sp³-hybridized carbons (Fsp3) is 0.321. The summed E-state index contributed by atoms with van der Waals surface area (Å²) < 4.78 is 28.8. The van der Waals surface area contributed by atoms with Gasteiger partial charge in [0.15, 0.2) is 5.78 Å². The van der Waals surface area contributed by atoms with Gasteiger partial charge in [0.1, 0.15) is 0 Å². The zero-order valence-electron chi connectivity index (χ0n) is 20.0. The number of ketones is 1. The molecule has 3 aromatic carbocycles. The van der Waals surface area contributed by atoms with Crippen LogP contribution in [0.5, 0.6) is 0 Å². The molecule has 0 bridgehead atoms. The minimum Gasteiger partial charge on any atom is -0.383 e. The fourth-order valence-electron chi connectivity index (χ4n) is 3.80. The average molecular weight is 479 g/mol. The van der Waals surface area contributed by atoms with Crippen LogP contribution in [0.1, 0.15) is 66.9 Å². The number of benzene rings is 3. The van der Waals surface area contributed by atoms with E-state index in [4.69, 9.17) is 0 Å². The lowest BCUT2D eigenvalue weighted by molar-refractivity contribution is 0.103. The molecule has 0 aliphatic rings. The second kappa shape index (κ2) is 12.4. The van der Waals surface area contributed by atoms with Gasteiger partial charge in [0.2, 0.25) is 0 Å². The molecule has 0 atom stereocenters. The summed E-state index contributed by atoms with van der Waals surface area (Å²) in [4.78, 5) is 13.5. The summed E-state index contributed by atoms with van der Waals surface area (Å²) in [5, 5.41) is 3.36. The fourth-order valence-corrected chi connectivity index (χ4v) is 4.87. The molecule has 0 heterocycles. The summed E-state index contributed by atoms with van der Waals surface area (Å²) in [5.41, 5.74) is 2.87. The summed E-state index contributed by atoms with van der Waals surface area (Å²) in [6, 6.07) is 20.9. The van der Waals surface area contributed by atoms with Crippen LogP contribution in [-0.4, -0.2) is 20.7 Å². The molecule has 6 heteroatoms. The Bertz CT molecular complexity index is 1170. The number of anilines is 2. The zero-order valence-corrected chi connectivity index (χ0v) is 20.8. The predicted octanol–water partition coefficient (Wildman–Crippen LogP) is 6.80. The Morgan fingerprint density at radius 1 is 0.794 bits per heavy atom. The molecule has 0 unspecified atom stereocenters. The van der Waals surface area contributed by atoms with Crippen LogP contribution >= 0.6 is 0 Å². The molecule has 0 saturated heterocycles. The third kappa shape index (κ3) is 6.94. The normalized spacial score (nSPS) is 11.2. The number of hydrogen-bond acceptors (Lipinski definition) is 4. The van der Waals surface area contributed by atoms with Gasteiger partial charge in [0.25, 0.3) is 10.0 Å². The van der Waals surface area contributed by atoms with Crippen LogP contribution in [-0.2, 0) is 10.0 Å². The monoisotopic (exact) mass is 478 g/mol. The first kappa shape index (κ1) is 25.5. The molecule has 180 valence electrons. The summed E-state index contributed by atoms with van der Waals surface area (Å²) in [6.07, 6.45) is 6.88. The smallest absolute Gasteiger partial charge is 0.261 e. The van der Waals surface area contributed by atoms with E-state index >= 15 is 0 Å². The molecule has 3 aromatic rings. The highest BCUT2D eigenvalue weighted by molar-refractivity contribution is 7.92. The summed E-state index contributed by atoms with van der Waals surface area (Å²) in [7, 11) is -3.81. The van der Waals surface area contributed by atoms with E-state index < -0.39 is 10.0 Å². The zero-order chi connectivity index (χ0) is 24.4. The van der Waals surface area contributed by atoms with Gasteiger partial charge in [-0.25, -0.2) is 8.42 Å². The van der Waals surface area contributed by atoms with Crippen molar-refractivity contribution in [1.82, 2.24) is 0 Å². The van der Waals surface area contributed by atoms with Crippen molar-refractivity contribution < 1.29 is 13.2 Å². The van der Waals surface area contributed by atoms with E-state index in [0.29, 0.717) is 29.0 Å². The van der Waals surface area contributed by atoms with Crippen molar-refractivity contribution in [3.8, 4) is 0 Å². The van der Waals surface area contributed by atoms with Gasteiger partial charge in [-0.05, 0) is 37.6 Å². The van der Waals surface area contributed by atoms with Crippen LogP contribution in [0, 0.1) is 6.92 Å². The minimum absolute atomic E-state index is 0.151. The van der Waals surface area contributed by atoms with Gasteiger partial charge in [-0.2, -0.15) is 0 Å². The van der Waals surface area contributed by atoms with Crippen LogP contribution in [0.2, 0.25) is 0 Å². The average Bonchev–Trinajstić information content (AvgIpc) is 2.84. The number of unbranched alkanes of at least 4 members (excludes halogenated alkanes) is 5. The lowest BCUT2D eigenvalue weighted by atomic mass is 10.0. The van der Waals surface area contributed by atoms with Gasteiger partial charge in [-0.1, -0.05) is 93.1 Å². The van der Waals surface area contributed by atoms with E-state index in [1.165, 1.54) is 25.7 Å². The second-order valence-corrected chi connectivity index (χ2v) is 10.2. The highest BCUT2D eigenvalue weighted by atomic mass is 32.2. The number of carbonyl (C=O) groups is 1. The number of carbonyl (C=O) groups excluding carboxylic acids is 1. The molecule has 0 aromatic heterocycles. The Kier molecular flexibility index (Phi) is 9.28. The highest BCUT2D eigenvalue weighted by Gasteiger charge is 2.20. The number of sulfonamides is 1. The molecule has 2 N–H and O–H groups in total. The minimum atomic E-state index is -3.81. The van der Waals surface area contributed by atoms with E-state index in [2.05, 4.69) is 17.0 Å². The van der Waals surface area contributed by atoms with Crippen molar-refractivity contribution >= 4 is 27.2 Å². The molecule has 0 amide bonds. The van der Waals surface area contributed by atoms with Crippen molar-refractivity contribution in [2.45, 2.75) is 57.3 Å². The molecule has 34 heavy (non-hydrogen) atoms. The molecular weight excluding hydrogens is 444 g/mol. The van der Waals surface area contributed by atoms with Crippen molar-refractivity contribution in [1.29, 1.82) is 0 Å². The largest absolute Gasteiger partial charge is 0.383 e. The molecular formula is C28H34N2O3S. The van der Waals surface area contributed by atoms with E-state index in [1.807, 2.05) is 25.1 Å². The van der Waals surface area contributed by atoms with Gasteiger partial charge in [-0.3, -0.25) is 9.52 Å². The van der Waals surface area contributed by atoms with E-state index in [0.717, 1.165) is 18.4 Å². The quantitative estimate of drug-likeness (QED) is 0.209. The first-order valence-corrected chi connectivity index (χ1v) is 13.5. The molecule has 0 saturated carbocycles. The molecule has 0 fully saturated rings. The Hall–Kier alpha value is -3.12. The first-order chi connectivity index (χ1) is 16.4. The third-order valence-corrected chi connectivity index (χ3v) is 7.13. The summed E-state index contributed by atoms with van der Waals surface area (Å²) in [6.45, 7) is 4.76. The van der Waals surface area contributed by atoms with Crippen LogP contribution in [0.4, 0.5) is 11.4 Å². The van der Waals surface area contributed by atoms with E-state index in [1.54, 1.807) is 54.6 Å². The second-order valence-electron chi connectivity index (χ2n) is 8.54. The molecule has 3 rings (SSSR count). The highest BCUT2D eigenvalue weighted by Crippen LogP contribution is 2.30. The van der Waals surface area contributed by atoms with Crippen molar-refractivity contribution in [2.24, 2.45) is 0 Å². The van der Waals surface area contributed by atoms with Gasteiger partial charge in [-0.15, -0.1) is 0 Å². The lowest BCUT2D eigenvalue weighted by Crippen LogP contribution is -2.17. The lowest BCUT2D eigenvalue weighted by Gasteiger charge is -2.18. The number of rotatable bonds is 13. The summed E-state index contributed by atoms with van der Waals surface area (Å²) >= 11 is 0. The third-order valence-electron chi connectivity index (χ3n) is 5.75. The summed E-state index contributed by atoms with van der Waals surface area (Å²) in [5.74, 6) is -0.151. The van der Waals surface area contributed by atoms with Gasteiger partial charge in [0.05, 0.1) is 16.3 Å². The molecule has 0 radical (unpaired) electrons. The molecule has 0 aliphatic carbocycles. The molecule has 5 nitrogen and oxygen atoms in total. The maximum absolute atomic E-state index is 13.3. The Morgan fingerprint density at radius 2 is 1.47 bits per heavy atom. The SMILES string of the molecule is CCCCCCCCNc1c(NS(=O)(=O)c2ccc(C)cc2)cccc1C(=O)c1ccccc1. The predicted molar refractivity (Wildman–Crippen MR) is 140 cm³/mol. The Balaban J connectivity index is 1.87. The Labute approximate surface area is 203 Å². The van der Waals surface area contributed by atoms with Crippen molar-refractivity contribution in [2.75, 3.05) is 16.6 Å². The first-order valence-electron chi connectivity index (χ1n) is 12.0. The van der Waals surface area contributed by atoms with Crippen molar-refractivity contribution in [3.63, 3.8) is 0 Å². The number of aryl methyl sites for hydroxylation is 1.